The monoisotopic (exact) mass is 434 g/mol. The molecule has 0 bridgehead atoms. The van der Waals surface area contributed by atoms with Gasteiger partial charge in [0.05, 0.1) is 13.0 Å². The number of nitrogens with zero attached hydrogens (tertiary/aromatic N) is 2. The van der Waals surface area contributed by atoms with Crippen molar-refractivity contribution in [3.8, 4) is 0 Å². The first-order chi connectivity index (χ1) is 14.7. The van der Waals surface area contributed by atoms with Crippen LogP contribution >= 0.6 is 0 Å². The number of aromatic nitrogens is 1. The number of aryl methyl sites for hydroxylation is 1. The Bertz CT molecular complexity index is 776. The van der Waals surface area contributed by atoms with Gasteiger partial charge in [0.25, 0.3) is 0 Å². The minimum Gasteiger partial charge on any atom is -0.466 e. The van der Waals surface area contributed by atoms with Crippen molar-refractivity contribution in [3.05, 3.63) is 23.4 Å². The summed E-state index contributed by atoms with van der Waals surface area (Å²) in [7, 11) is 0. The summed E-state index contributed by atoms with van der Waals surface area (Å²) in [4.78, 5) is 42.4. The Morgan fingerprint density at radius 3 is 2.74 bits per heavy atom. The molecule has 0 saturated carbocycles. The molecule has 0 fully saturated rings. The van der Waals surface area contributed by atoms with Gasteiger partial charge >= 0.3 is 12.1 Å². The second-order valence-electron chi connectivity index (χ2n) is 8.40. The van der Waals surface area contributed by atoms with Crippen molar-refractivity contribution in [2.45, 2.75) is 59.0 Å². The van der Waals surface area contributed by atoms with Crippen LogP contribution < -0.4 is 10.6 Å². The second kappa shape index (κ2) is 11.5. The first-order valence-corrected chi connectivity index (χ1v) is 10.8. The molecule has 0 saturated heterocycles. The molecule has 31 heavy (non-hydrogen) atoms. The third kappa shape index (κ3) is 8.82. The molecule has 2 heterocycles. The van der Waals surface area contributed by atoms with Gasteiger partial charge in [-0.25, -0.2) is 9.78 Å². The van der Waals surface area contributed by atoms with Gasteiger partial charge in [0.1, 0.15) is 18.0 Å². The van der Waals surface area contributed by atoms with Crippen molar-refractivity contribution < 1.29 is 23.9 Å². The van der Waals surface area contributed by atoms with Gasteiger partial charge in [0, 0.05) is 31.7 Å². The maximum Gasteiger partial charge on any atom is 0.410 e. The summed E-state index contributed by atoms with van der Waals surface area (Å²) < 4.78 is 10.3. The van der Waals surface area contributed by atoms with Crippen LogP contribution in [0.2, 0.25) is 0 Å². The molecule has 0 spiro atoms. The predicted molar refractivity (Wildman–Crippen MR) is 117 cm³/mol. The van der Waals surface area contributed by atoms with Crippen LogP contribution in [0.25, 0.3) is 0 Å². The van der Waals surface area contributed by atoms with Gasteiger partial charge in [-0.2, -0.15) is 0 Å². The fourth-order valence-electron chi connectivity index (χ4n) is 3.09. The summed E-state index contributed by atoms with van der Waals surface area (Å²) in [6.45, 7) is 8.52. The zero-order valence-electron chi connectivity index (χ0n) is 19.0. The SMILES string of the molecule is CCOC(=O)CCNC(=O)CN(CCc1ccc2c(n1)NCCC2)C(=O)OC(C)(C)C. The van der Waals surface area contributed by atoms with Crippen LogP contribution in [0.1, 0.15) is 51.8 Å². The third-order valence-electron chi connectivity index (χ3n) is 4.53. The number of hydrogen-bond acceptors (Lipinski definition) is 7. The first-order valence-electron chi connectivity index (χ1n) is 10.8. The van der Waals surface area contributed by atoms with E-state index in [0.29, 0.717) is 13.0 Å². The Hall–Kier alpha value is -2.84. The molecule has 1 aliphatic heterocycles. The van der Waals surface area contributed by atoms with E-state index in [2.05, 4.69) is 21.7 Å². The lowest BCUT2D eigenvalue weighted by Gasteiger charge is -2.27. The number of anilines is 1. The minimum atomic E-state index is -0.677. The number of rotatable bonds is 9. The van der Waals surface area contributed by atoms with Gasteiger partial charge in [-0.15, -0.1) is 0 Å². The third-order valence-corrected chi connectivity index (χ3v) is 4.53. The van der Waals surface area contributed by atoms with Gasteiger partial charge in [-0.05, 0) is 52.2 Å². The fraction of sp³-hybridized carbons (Fsp3) is 0.636. The highest BCUT2D eigenvalue weighted by molar-refractivity contribution is 5.82. The van der Waals surface area contributed by atoms with Gasteiger partial charge < -0.3 is 20.1 Å². The van der Waals surface area contributed by atoms with Crippen molar-refractivity contribution >= 4 is 23.8 Å². The largest absolute Gasteiger partial charge is 0.466 e. The smallest absolute Gasteiger partial charge is 0.410 e. The number of fused-ring (bicyclic) bond motifs is 1. The number of ether oxygens (including phenoxy) is 2. The Labute approximate surface area is 183 Å². The number of amides is 2. The molecule has 0 radical (unpaired) electrons. The summed E-state index contributed by atoms with van der Waals surface area (Å²) in [5.41, 5.74) is 1.35. The van der Waals surface area contributed by atoms with Crippen molar-refractivity contribution in [2.24, 2.45) is 0 Å². The highest BCUT2D eigenvalue weighted by Crippen LogP contribution is 2.20. The van der Waals surface area contributed by atoms with Crippen LogP contribution in [0.5, 0.6) is 0 Å². The van der Waals surface area contributed by atoms with Crippen molar-refractivity contribution in [2.75, 3.05) is 38.1 Å². The average Bonchev–Trinajstić information content (AvgIpc) is 2.69. The lowest BCUT2D eigenvalue weighted by Crippen LogP contribution is -2.44. The highest BCUT2D eigenvalue weighted by atomic mass is 16.6. The lowest BCUT2D eigenvalue weighted by atomic mass is 10.1. The molecule has 0 atom stereocenters. The molecule has 172 valence electrons. The molecule has 0 aliphatic carbocycles. The maximum atomic E-state index is 12.6. The van der Waals surface area contributed by atoms with E-state index in [9.17, 15) is 14.4 Å². The average molecular weight is 435 g/mol. The summed E-state index contributed by atoms with van der Waals surface area (Å²) in [6, 6.07) is 4.02. The molecule has 1 aromatic heterocycles. The zero-order valence-corrected chi connectivity index (χ0v) is 19.0. The van der Waals surface area contributed by atoms with Crippen LogP contribution in [0, 0.1) is 0 Å². The Balaban J connectivity index is 1.95. The molecular formula is C22H34N4O5. The van der Waals surface area contributed by atoms with Crippen LogP contribution in [0.15, 0.2) is 12.1 Å². The zero-order chi connectivity index (χ0) is 22.9. The number of esters is 1. The number of carbonyl (C=O) groups is 3. The fourth-order valence-corrected chi connectivity index (χ4v) is 3.09. The van der Waals surface area contributed by atoms with Crippen molar-refractivity contribution in [3.63, 3.8) is 0 Å². The van der Waals surface area contributed by atoms with Gasteiger partial charge in [0.15, 0.2) is 0 Å². The van der Waals surface area contributed by atoms with E-state index in [1.807, 2.05) is 6.07 Å². The molecule has 0 aromatic carbocycles. The van der Waals surface area contributed by atoms with E-state index in [0.717, 1.165) is 30.9 Å². The Morgan fingerprint density at radius 1 is 1.26 bits per heavy atom. The molecule has 0 unspecified atom stereocenters. The van der Waals surface area contributed by atoms with Crippen LogP contribution in [0.3, 0.4) is 0 Å². The predicted octanol–water partition coefficient (Wildman–Crippen LogP) is 2.29. The molecule has 2 amide bonds. The van der Waals surface area contributed by atoms with Crippen molar-refractivity contribution in [1.82, 2.24) is 15.2 Å². The molecule has 2 rings (SSSR count). The molecular weight excluding hydrogens is 400 g/mol. The first kappa shape index (κ1) is 24.4. The molecule has 9 heteroatoms. The summed E-state index contributed by atoms with van der Waals surface area (Å²) in [5.74, 6) is 0.151. The quantitative estimate of drug-likeness (QED) is 0.574. The van der Waals surface area contributed by atoms with E-state index >= 15 is 0 Å². The van der Waals surface area contributed by atoms with E-state index < -0.39 is 11.7 Å². The van der Waals surface area contributed by atoms with Crippen LogP contribution in [-0.2, 0) is 31.9 Å². The lowest BCUT2D eigenvalue weighted by molar-refractivity contribution is -0.143. The molecule has 2 N–H and O–H groups in total. The molecule has 1 aliphatic rings. The summed E-state index contributed by atoms with van der Waals surface area (Å²) in [5, 5.41) is 5.94. The Morgan fingerprint density at radius 2 is 2.03 bits per heavy atom. The second-order valence-corrected chi connectivity index (χ2v) is 8.40. The number of nitrogens with one attached hydrogen (secondary N) is 2. The summed E-state index contributed by atoms with van der Waals surface area (Å²) >= 11 is 0. The molecule has 1 aromatic rings. The van der Waals surface area contributed by atoms with Crippen molar-refractivity contribution in [1.29, 1.82) is 0 Å². The van der Waals surface area contributed by atoms with Gasteiger partial charge in [0.2, 0.25) is 5.91 Å². The summed E-state index contributed by atoms with van der Waals surface area (Å²) in [6.07, 6.45) is 2.10. The van der Waals surface area contributed by atoms with E-state index in [1.54, 1.807) is 27.7 Å². The van der Waals surface area contributed by atoms with Gasteiger partial charge in [-0.1, -0.05) is 6.07 Å². The number of pyridine rings is 1. The number of hydrogen-bond donors (Lipinski definition) is 2. The normalized spacial score (nSPS) is 12.9. The minimum absolute atomic E-state index is 0.0814. The Kier molecular flexibility index (Phi) is 9.08. The van der Waals surface area contributed by atoms with Crippen LogP contribution in [-0.4, -0.2) is 66.2 Å². The van der Waals surface area contributed by atoms with E-state index in [4.69, 9.17) is 9.47 Å². The topological polar surface area (TPSA) is 110 Å². The standard InChI is InChI=1S/C22H34N4O5/c1-5-30-19(28)10-13-23-18(27)15-26(21(29)31-22(2,3)4)14-11-17-9-8-16-7-6-12-24-20(16)25-17/h8-9H,5-7,10-15H2,1-4H3,(H,23,27)(H,24,25). The van der Waals surface area contributed by atoms with E-state index in [1.165, 1.54) is 10.5 Å². The van der Waals surface area contributed by atoms with Gasteiger partial charge in [-0.3, -0.25) is 14.5 Å². The molecule has 9 nitrogen and oxygen atoms in total. The van der Waals surface area contributed by atoms with Crippen LogP contribution in [0.4, 0.5) is 10.6 Å². The highest BCUT2D eigenvalue weighted by Gasteiger charge is 2.24. The van der Waals surface area contributed by atoms with E-state index in [-0.39, 0.29) is 37.9 Å². The maximum absolute atomic E-state index is 12.6. The number of carbonyl (C=O) groups excluding carboxylic acids is 3.